The van der Waals surface area contributed by atoms with Crippen molar-refractivity contribution in [1.29, 1.82) is 0 Å². The highest BCUT2D eigenvalue weighted by Crippen LogP contribution is 2.35. The fourth-order valence-electron chi connectivity index (χ4n) is 3.99. The van der Waals surface area contributed by atoms with Crippen LogP contribution in [-0.4, -0.2) is 14.5 Å². The Bertz CT molecular complexity index is 1380. The van der Waals surface area contributed by atoms with Gasteiger partial charge in [-0.2, -0.15) is 0 Å². The number of benzene rings is 3. The molecule has 0 fully saturated rings. The molecular formula is C27H24N4. The zero-order valence-corrected chi connectivity index (χ0v) is 17.7. The molecule has 0 saturated heterocycles. The van der Waals surface area contributed by atoms with Crippen LogP contribution in [0.25, 0.3) is 39.0 Å². The molecule has 0 spiro atoms. The zero-order chi connectivity index (χ0) is 21.4. The fraction of sp³-hybridized carbons (Fsp3) is 0.111. The van der Waals surface area contributed by atoms with E-state index in [-0.39, 0.29) is 0 Å². The average molecular weight is 405 g/mol. The standard InChI is InChI=1S/C27H24N4/c1-3-23-15-27(30-17-29-23)31-16-25(19-9-7-18(2)8-10-19)24-12-11-21(14-26(24)31)20-5-4-6-22(28)13-20/h4-17H,3,28H2,1-2H3. The third-order valence-corrected chi connectivity index (χ3v) is 5.71. The first kappa shape index (κ1) is 19.1. The molecule has 2 N–H and O–H groups in total. The van der Waals surface area contributed by atoms with Gasteiger partial charge in [0, 0.05) is 34.6 Å². The summed E-state index contributed by atoms with van der Waals surface area (Å²) in [5, 5.41) is 1.19. The first-order valence-electron chi connectivity index (χ1n) is 10.5. The third-order valence-electron chi connectivity index (χ3n) is 5.71. The van der Waals surface area contributed by atoms with Crippen LogP contribution in [0.3, 0.4) is 0 Å². The van der Waals surface area contributed by atoms with Crippen molar-refractivity contribution >= 4 is 16.6 Å². The van der Waals surface area contributed by atoms with Gasteiger partial charge in [-0.15, -0.1) is 0 Å². The quantitative estimate of drug-likeness (QED) is 0.362. The van der Waals surface area contributed by atoms with Crippen LogP contribution in [0.5, 0.6) is 0 Å². The number of aryl methyl sites for hydroxylation is 2. The molecule has 5 aromatic rings. The van der Waals surface area contributed by atoms with E-state index in [0.717, 1.165) is 40.3 Å². The van der Waals surface area contributed by atoms with Crippen molar-refractivity contribution in [2.24, 2.45) is 0 Å². The lowest BCUT2D eigenvalue weighted by Gasteiger charge is -2.08. The second kappa shape index (κ2) is 7.73. The van der Waals surface area contributed by atoms with E-state index in [1.165, 1.54) is 22.1 Å². The van der Waals surface area contributed by atoms with Gasteiger partial charge < -0.3 is 10.3 Å². The maximum absolute atomic E-state index is 6.03. The average Bonchev–Trinajstić information content (AvgIpc) is 3.18. The van der Waals surface area contributed by atoms with Gasteiger partial charge in [-0.3, -0.25) is 0 Å². The molecule has 0 unspecified atom stereocenters. The number of anilines is 1. The molecule has 2 heterocycles. The van der Waals surface area contributed by atoms with Gasteiger partial charge in [-0.1, -0.05) is 61.0 Å². The normalized spacial score (nSPS) is 11.2. The van der Waals surface area contributed by atoms with E-state index in [1.54, 1.807) is 6.33 Å². The molecule has 4 nitrogen and oxygen atoms in total. The lowest BCUT2D eigenvalue weighted by molar-refractivity contribution is 0.948. The SMILES string of the molecule is CCc1cc(-n2cc(-c3ccc(C)cc3)c3ccc(-c4cccc(N)c4)cc32)ncn1. The van der Waals surface area contributed by atoms with Crippen LogP contribution in [0.15, 0.2) is 85.3 Å². The molecule has 0 aliphatic heterocycles. The van der Waals surface area contributed by atoms with Gasteiger partial charge in [-0.05, 0) is 48.2 Å². The Morgan fingerprint density at radius 1 is 0.839 bits per heavy atom. The Labute approximate surface area is 182 Å². The van der Waals surface area contributed by atoms with Gasteiger partial charge in [0.05, 0.1) is 5.52 Å². The molecule has 0 aliphatic carbocycles. The van der Waals surface area contributed by atoms with Crippen molar-refractivity contribution in [1.82, 2.24) is 14.5 Å². The second-order valence-electron chi connectivity index (χ2n) is 7.86. The summed E-state index contributed by atoms with van der Waals surface area (Å²) in [6, 6.07) is 25.3. The van der Waals surface area contributed by atoms with Gasteiger partial charge in [0.1, 0.15) is 12.1 Å². The molecule has 0 saturated carbocycles. The van der Waals surface area contributed by atoms with E-state index in [2.05, 4.69) is 89.2 Å². The lowest BCUT2D eigenvalue weighted by atomic mass is 10.00. The maximum Gasteiger partial charge on any atom is 0.140 e. The first-order chi connectivity index (χ1) is 15.1. The summed E-state index contributed by atoms with van der Waals surface area (Å²) in [5.41, 5.74) is 14.8. The van der Waals surface area contributed by atoms with Crippen LogP contribution in [0.4, 0.5) is 5.69 Å². The van der Waals surface area contributed by atoms with E-state index >= 15 is 0 Å². The van der Waals surface area contributed by atoms with Crippen LogP contribution in [-0.2, 0) is 6.42 Å². The zero-order valence-electron chi connectivity index (χ0n) is 17.7. The topological polar surface area (TPSA) is 56.7 Å². The van der Waals surface area contributed by atoms with Crippen molar-refractivity contribution in [2.75, 3.05) is 5.73 Å². The van der Waals surface area contributed by atoms with Crippen LogP contribution in [0.2, 0.25) is 0 Å². The molecule has 4 heteroatoms. The molecule has 0 radical (unpaired) electrons. The Kier molecular flexibility index (Phi) is 4.75. The van der Waals surface area contributed by atoms with Crippen molar-refractivity contribution in [3.63, 3.8) is 0 Å². The number of rotatable bonds is 4. The second-order valence-corrected chi connectivity index (χ2v) is 7.86. The van der Waals surface area contributed by atoms with Crippen LogP contribution >= 0.6 is 0 Å². The minimum absolute atomic E-state index is 0.761. The highest BCUT2D eigenvalue weighted by atomic mass is 15.1. The van der Waals surface area contributed by atoms with Crippen LogP contribution < -0.4 is 5.73 Å². The highest BCUT2D eigenvalue weighted by Gasteiger charge is 2.14. The first-order valence-corrected chi connectivity index (χ1v) is 10.5. The predicted molar refractivity (Wildman–Crippen MR) is 128 cm³/mol. The van der Waals surface area contributed by atoms with Crippen LogP contribution in [0.1, 0.15) is 18.2 Å². The number of aromatic nitrogens is 3. The molecule has 0 atom stereocenters. The van der Waals surface area contributed by atoms with Crippen molar-refractivity contribution in [3.05, 3.63) is 96.6 Å². The van der Waals surface area contributed by atoms with Gasteiger partial charge in [-0.25, -0.2) is 9.97 Å². The smallest absolute Gasteiger partial charge is 0.140 e. The van der Waals surface area contributed by atoms with Gasteiger partial charge in [0.25, 0.3) is 0 Å². The van der Waals surface area contributed by atoms with Crippen LogP contribution in [0, 0.1) is 6.92 Å². The Balaban J connectivity index is 1.76. The minimum atomic E-state index is 0.761. The number of nitrogen functional groups attached to an aromatic ring is 1. The Hall–Kier alpha value is -3.92. The summed E-state index contributed by atoms with van der Waals surface area (Å²) in [6.45, 7) is 4.22. The summed E-state index contributed by atoms with van der Waals surface area (Å²) < 4.78 is 2.17. The molecule has 2 aromatic heterocycles. The van der Waals surface area contributed by atoms with E-state index in [0.29, 0.717) is 0 Å². The van der Waals surface area contributed by atoms with Crippen molar-refractivity contribution in [3.8, 4) is 28.1 Å². The lowest BCUT2D eigenvalue weighted by Crippen LogP contribution is -1.99. The molecule has 5 rings (SSSR count). The molecule has 31 heavy (non-hydrogen) atoms. The molecule has 152 valence electrons. The van der Waals surface area contributed by atoms with Gasteiger partial charge in [0.15, 0.2) is 0 Å². The van der Waals surface area contributed by atoms with Crippen molar-refractivity contribution < 1.29 is 0 Å². The summed E-state index contributed by atoms with van der Waals surface area (Å²) >= 11 is 0. The Morgan fingerprint density at radius 3 is 2.39 bits per heavy atom. The van der Waals surface area contributed by atoms with Gasteiger partial charge >= 0.3 is 0 Å². The Morgan fingerprint density at radius 2 is 1.61 bits per heavy atom. The summed E-state index contributed by atoms with van der Waals surface area (Å²) in [4.78, 5) is 8.95. The summed E-state index contributed by atoms with van der Waals surface area (Å²) in [5.74, 6) is 0.875. The largest absolute Gasteiger partial charge is 0.399 e. The van der Waals surface area contributed by atoms with Crippen molar-refractivity contribution in [2.45, 2.75) is 20.3 Å². The number of hydrogen-bond donors (Lipinski definition) is 1. The number of fused-ring (bicyclic) bond motifs is 1. The maximum atomic E-state index is 6.03. The number of hydrogen-bond acceptors (Lipinski definition) is 3. The predicted octanol–water partition coefficient (Wildman–Crippen LogP) is 6.21. The van der Waals surface area contributed by atoms with Gasteiger partial charge in [0.2, 0.25) is 0 Å². The minimum Gasteiger partial charge on any atom is -0.399 e. The highest BCUT2D eigenvalue weighted by molar-refractivity contribution is 5.99. The molecular weight excluding hydrogens is 380 g/mol. The van der Waals surface area contributed by atoms with E-state index in [9.17, 15) is 0 Å². The number of nitrogens with zero attached hydrogens (tertiary/aromatic N) is 3. The third kappa shape index (κ3) is 3.57. The summed E-state index contributed by atoms with van der Waals surface area (Å²) in [6.07, 6.45) is 4.70. The summed E-state index contributed by atoms with van der Waals surface area (Å²) in [7, 11) is 0. The molecule has 0 bridgehead atoms. The van der Waals surface area contributed by atoms with E-state index in [1.807, 2.05) is 18.2 Å². The number of nitrogens with two attached hydrogens (primary N) is 1. The van der Waals surface area contributed by atoms with E-state index in [4.69, 9.17) is 5.73 Å². The molecule has 0 aliphatic rings. The molecule has 0 amide bonds. The monoisotopic (exact) mass is 404 g/mol. The fourth-order valence-corrected chi connectivity index (χ4v) is 3.99. The molecule has 3 aromatic carbocycles. The van der Waals surface area contributed by atoms with E-state index < -0.39 is 0 Å².